The van der Waals surface area contributed by atoms with E-state index < -0.39 is 11.8 Å². The van der Waals surface area contributed by atoms with Gasteiger partial charge in [0.05, 0.1) is 24.4 Å². The molecule has 0 spiro atoms. The highest BCUT2D eigenvalue weighted by atomic mass is 35.5. The molecule has 2 heterocycles. The first-order valence-corrected chi connectivity index (χ1v) is 6.40. The van der Waals surface area contributed by atoms with Gasteiger partial charge in [0.25, 0.3) is 0 Å². The maximum absolute atomic E-state index is 12.8. The Labute approximate surface area is 119 Å². The molecule has 0 fully saturated rings. The summed E-state index contributed by atoms with van der Waals surface area (Å²) < 4.78 is 17.7. The van der Waals surface area contributed by atoms with E-state index in [1.165, 1.54) is 18.3 Å². The Kier molecular flexibility index (Phi) is 4.57. The number of aromatic nitrogens is 3. The fraction of sp³-hybridized carbons (Fsp3) is 0.231. The normalized spacial score (nSPS) is 10.3. The van der Waals surface area contributed by atoms with E-state index >= 15 is 0 Å². The maximum atomic E-state index is 12.8. The van der Waals surface area contributed by atoms with Crippen LogP contribution in [0.3, 0.4) is 0 Å². The van der Waals surface area contributed by atoms with Crippen LogP contribution in [0.2, 0.25) is 0 Å². The van der Waals surface area contributed by atoms with Gasteiger partial charge in [-0.1, -0.05) is 0 Å². The smallest absolute Gasteiger partial charge is 0.341 e. The van der Waals surface area contributed by atoms with E-state index in [2.05, 4.69) is 15.0 Å². The van der Waals surface area contributed by atoms with E-state index in [4.69, 9.17) is 16.3 Å². The molecule has 2 aromatic rings. The molecule has 0 amide bonds. The Morgan fingerprint density at radius 1 is 1.35 bits per heavy atom. The molecule has 0 bridgehead atoms. The first-order chi connectivity index (χ1) is 9.65. The van der Waals surface area contributed by atoms with Gasteiger partial charge in [0.15, 0.2) is 5.82 Å². The second kappa shape index (κ2) is 6.38. The van der Waals surface area contributed by atoms with Gasteiger partial charge in [0.2, 0.25) is 0 Å². The predicted molar refractivity (Wildman–Crippen MR) is 70.7 cm³/mol. The molecule has 7 heteroatoms. The molecule has 5 nitrogen and oxygen atoms in total. The van der Waals surface area contributed by atoms with E-state index in [0.29, 0.717) is 11.4 Å². The van der Waals surface area contributed by atoms with Crippen molar-refractivity contribution in [3.63, 3.8) is 0 Å². The molecule has 0 unspecified atom stereocenters. The molecule has 2 aromatic heterocycles. The molecule has 0 N–H and O–H groups in total. The van der Waals surface area contributed by atoms with Gasteiger partial charge in [-0.3, -0.25) is 0 Å². The summed E-state index contributed by atoms with van der Waals surface area (Å²) >= 11 is 5.78. The van der Waals surface area contributed by atoms with Gasteiger partial charge in [-0.25, -0.2) is 24.1 Å². The van der Waals surface area contributed by atoms with Crippen molar-refractivity contribution in [2.24, 2.45) is 0 Å². The average molecular weight is 296 g/mol. The van der Waals surface area contributed by atoms with Gasteiger partial charge in [-0.15, -0.1) is 11.6 Å². The zero-order chi connectivity index (χ0) is 14.5. The standard InChI is InChI=1S/C13H11ClFN3O2/c1-2-20-13(19)9-7-17-12(18-11(9)5-14)10-4-3-8(15)6-16-10/h3-4,6-7H,2,5H2,1H3. The minimum Gasteiger partial charge on any atom is -0.462 e. The van der Waals surface area contributed by atoms with Gasteiger partial charge in [-0.05, 0) is 19.1 Å². The molecular weight excluding hydrogens is 285 g/mol. The second-order valence-corrected chi connectivity index (χ2v) is 4.04. The van der Waals surface area contributed by atoms with Crippen LogP contribution in [0.4, 0.5) is 4.39 Å². The molecule has 104 valence electrons. The van der Waals surface area contributed by atoms with Crippen LogP contribution >= 0.6 is 11.6 Å². The second-order valence-electron chi connectivity index (χ2n) is 3.77. The van der Waals surface area contributed by atoms with Gasteiger partial charge >= 0.3 is 5.97 Å². The molecule has 0 radical (unpaired) electrons. The number of nitrogens with zero attached hydrogens (tertiary/aromatic N) is 3. The molecule has 0 saturated heterocycles. The van der Waals surface area contributed by atoms with Crippen molar-refractivity contribution >= 4 is 17.6 Å². The highest BCUT2D eigenvalue weighted by Crippen LogP contribution is 2.16. The zero-order valence-corrected chi connectivity index (χ0v) is 11.4. The molecule has 0 atom stereocenters. The van der Waals surface area contributed by atoms with E-state index in [1.54, 1.807) is 6.92 Å². The van der Waals surface area contributed by atoms with Crippen molar-refractivity contribution in [1.29, 1.82) is 0 Å². The third-order valence-electron chi connectivity index (χ3n) is 2.45. The van der Waals surface area contributed by atoms with Gasteiger partial charge in [0.1, 0.15) is 17.1 Å². The van der Waals surface area contributed by atoms with Crippen molar-refractivity contribution in [2.45, 2.75) is 12.8 Å². The molecule has 2 rings (SSSR count). The van der Waals surface area contributed by atoms with Crippen molar-refractivity contribution in [2.75, 3.05) is 6.61 Å². The lowest BCUT2D eigenvalue weighted by Gasteiger charge is -2.07. The Balaban J connectivity index is 2.38. The Morgan fingerprint density at radius 3 is 2.75 bits per heavy atom. The van der Waals surface area contributed by atoms with Crippen LogP contribution in [0.5, 0.6) is 0 Å². The number of ether oxygens (including phenoxy) is 1. The quantitative estimate of drug-likeness (QED) is 0.641. The van der Waals surface area contributed by atoms with Crippen molar-refractivity contribution in [3.05, 3.63) is 41.6 Å². The van der Waals surface area contributed by atoms with Crippen LogP contribution in [0.15, 0.2) is 24.5 Å². The Bertz CT molecular complexity index is 620. The number of hydrogen-bond donors (Lipinski definition) is 0. The van der Waals surface area contributed by atoms with E-state index in [0.717, 1.165) is 6.20 Å². The number of carbonyl (C=O) groups is 1. The monoisotopic (exact) mass is 295 g/mol. The summed E-state index contributed by atoms with van der Waals surface area (Å²) in [4.78, 5) is 23.8. The van der Waals surface area contributed by atoms with E-state index in [1.807, 2.05) is 0 Å². The summed E-state index contributed by atoms with van der Waals surface area (Å²) in [5.74, 6) is -0.671. The first kappa shape index (κ1) is 14.3. The lowest BCUT2D eigenvalue weighted by atomic mass is 10.2. The first-order valence-electron chi connectivity index (χ1n) is 5.86. The number of alkyl halides is 1. The molecule has 0 aliphatic heterocycles. The molecule has 20 heavy (non-hydrogen) atoms. The molecule has 0 aliphatic carbocycles. The largest absolute Gasteiger partial charge is 0.462 e. The number of esters is 1. The average Bonchev–Trinajstić information content (AvgIpc) is 2.47. The molecule has 0 saturated carbocycles. The summed E-state index contributed by atoms with van der Waals surface area (Å²) in [5.41, 5.74) is 0.960. The van der Waals surface area contributed by atoms with Gasteiger partial charge in [-0.2, -0.15) is 0 Å². The predicted octanol–water partition coefficient (Wildman–Crippen LogP) is 2.59. The number of hydrogen-bond acceptors (Lipinski definition) is 5. The third-order valence-corrected chi connectivity index (χ3v) is 2.70. The zero-order valence-electron chi connectivity index (χ0n) is 10.6. The van der Waals surface area contributed by atoms with Crippen LogP contribution < -0.4 is 0 Å². The van der Waals surface area contributed by atoms with Gasteiger partial charge in [0, 0.05) is 6.20 Å². The van der Waals surface area contributed by atoms with Crippen molar-refractivity contribution in [1.82, 2.24) is 15.0 Å². The lowest BCUT2D eigenvalue weighted by Crippen LogP contribution is -2.10. The third kappa shape index (κ3) is 3.08. The summed E-state index contributed by atoms with van der Waals surface area (Å²) in [6.07, 6.45) is 2.40. The van der Waals surface area contributed by atoms with Gasteiger partial charge < -0.3 is 4.74 Å². The topological polar surface area (TPSA) is 65.0 Å². The molecule has 0 aliphatic rings. The number of carbonyl (C=O) groups excluding carboxylic acids is 1. The summed E-state index contributed by atoms with van der Waals surface area (Å²) in [7, 11) is 0. The molecular formula is C13H11ClFN3O2. The Morgan fingerprint density at radius 2 is 2.15 bits per heavy atom. The fourth-order valence-corrected chi connectivity index (χ4v) is 1.73. The van der Waals surface area contributed by atoms with Crippen LogP contribution in [0.25, 0.3) is 11.5 Å². The SMILES string of the molecule is CCOC(=O)c1cnc(-c2ccc(F)cn2)nc1CCl. The number of pyridine rings is 1. The minimum absolute atomic E-state index is 0.0326. The molecule has 0 aromatic carbocycles. The summed E-state index contributed by atoms with van der Waals surface area (Å²) in [5, 5.41) is 0. The number of rotatable bonds is 4. The van der Waals surface area contributed by atoms with E-state index in [-0.39, 0.29) is 23.9 Å². The van der Waals surface area contributed by atoms with E-state index in [9.17, 15) is 9.18 Å². The Hall–Kier alpha value is -2.08. The van der Waals surface area contributed by atoms with Crippen LogP contribution in [-0.4, -0.2) is 27.5 Å². The van der Waals surface area contributed by atoms with Crippen molar-refractivity contribution < 1.29 is 13.9 Å². The number of halogens is 2. The minimum atomic E-state index is -0.526. The van der Waals surface area contributed by atoms with Crippen LogP contribution in [0.1, 0.15) is 23.0 Å². The lowest BCUT2D eigenvalue weighted by molar-refractivity contribution is 0.0524. The van der Waals surface area contributed by atoms with Crippen molar-refractivity contribution in [3.8, 4) is 11.5 Å². The summed E-state index contributed by atoms with van der Waals surface area (Å²) in [6, 6.07) is 2.71. The highest BCUT2D eigenvalue weighted by molar-refractivity contribution is 6.17. The van der Waals surface area contributed by atoms with Crippen LogP contribution in [-0.2, 0) is 10.6 Å². The van der Waals surface area contributed by atoms with Crippen LogP contribution in [0, 0.1) is 5.82 Å². The summed E-state index contributed by atoms with van der Waals surface area (Å²) in [6.45, 7) is 1.96. The maximum Gasteiger partial charge on any atom is 0.341 e. The fourth-order valence-electron chi connectivity index (χ4n) is 1.53. The highest BCUT2D eigenvalue weighted by Gasteiger charge is 2.16.